The van der Waals surface area contributed by atoms with Gasteiger partial charge in [-0.1, -0.05) is 31.9 Å². The van der Waals surface area contributed by atoms with Gasteiger partial charge in [0.1, 0.15) is 11.4 Å². The third-order valence-corrected chi connectivity index (χ3v) is 9.51. The van der Waals surface area contributed by atoms with Crippen molar-refractivity contribution in [3.63, 3.8) is 0 Å². The maximum absolute atomic E-state index is 13.4. The van der Waals surface area contributed by atoms with E-state index in [0.717, 1.165) is 4.90 Å². The van der Waals surface area contributed by atoms with E-state index in [1.54, 1.807) is 0 Å². The minimum atomic E-state index is -1.12. The summed E-state index contributed by atoms with van der Waals surface area (Å²) in [5, 5.41) is 0. The normalized spacial score (nSPS) is 43.8. The second-order valence-electron chi connectivity index (χ2n) is 7.46. The standard InChI is InChI=1S/C18H16Br2FNO5/c1-17-10-11(15(24)22(14(10)23)9-4-2-8(21)3-5-9)18(27-17,13(20)12(17)19)16-25-6-7-26-16/h2-5,10-13,16H,6-7H2,1H3/t10-,11+,12+,13-,17+,18-/m1/s1. The van der Waals surface area contributed by atoms with Crippen LogP contribution >= 0.6 is 31.9 Å². The molecule has 144 valence electrons. The summed E-state index contributed by atoms with van der Waals surface area (Å²) < 4.78 is 31.2. The van der Waals surface area contributed by atoms with Crippen LogP contribution in [0.2, 0.25) is 0 Å². The molecular weight excluding hydrogens is 489 g/mol. The molecule has 6 atom stereocenters. The fourth-order valence-electron chi connectivity index (χ4n) is 4.97. The highest BCUT2D eigenvalue weighted by Gasteiger charge is 2.82. The van der Waals surface area contributed by atoms with Crippen molar-refractivity contribution in [3.05, 3.63) is 30.1 Å². The average molecular weight is 505 g/mol. The van der Waals surface area contributed by atoms with Crippen LogP contribution in [0.1, 0.15) is 6.92 Å². The van der Waals surface area contributed by atoms with Crippen molar-refractivity contribution in [2.75, 3.05) is 18.1 Å². The fourth-order valence-corrected chi connectivity index (χ4v) is 6.88. The SMILES string of the molecule is C[C@@]12O[C@@](C3OCCO3)([C@H](Br)[C@@H]1Br)[C@@H]1C(=O)N(c3ccc(F)cc3)C(=O)[C@@H]12. The molecule has 0 saturated carbocycles. The van der Waals surface area contributed by atoms with Gasteiger partial charge < -0.3 is 14.2 Å². The first kappa shape index (κ1) is 18.2. The molecule has 4 aliphatic heterocycles. The van der Waals surface area contributed by atoms with Crippen LogP contribution in [-0.2, 0) is 23.8 Å². The number of hydrogen-bond acceptors (Lipinski definition) is 5. The van der Waals surface area contributed by atoms with Gasteiger partial charge in [0.2, 0.25) is 11.8 Å². The Hall–Kier alpha value is -0.870. The Morgan fingerprint density at radius 1 is 1.04 bits per heavy atom. The van der Waals surface area contributed by atoms with Crippen LogP contribution in [0, 0.1) is 17.7 Å². The Bertz CT molecular complexity index is 828. The topological polar surface area (TPSA) is 65.1 Å². The first-order valence-corrected chi connectivity index (χ1v) is 10.5. The van der Waals surface area contributed by atoms with Gasteiger partial charge in [-0.2, -0.15) is 0 Å². The number of ether oxygens (including phenoxy) is 3. The number of amides is 2. The van der Waals surface area contributed by atoms with E-state index in [1.807, 2.05) is 6.92 Å². The Labute approximate surface area is 171 Å². The van der Waals surface area contributed by atoms with Crippen molar-refractivity contribution in [3.8, 4) is 0 Å². The lowest BCUT2D eigenvalue weighted by Crippen LogP contribution is -2.59. The number of benzene rings is 1. The van der Waals surface area contributed by atoms with Crippen molar-refractivity contribution in [1.82, 2.24) is 0 Å². The lowest BCUT2D eigenvalue weighted by atomic mass is 9.67. The predicted octanol–water partition coefficient (Wildman–Crippen LogP) is 2.37. The minimum absolute atomic E-state index is 0.219. The van der Waals surface area contributed by atoms with Crippen LogP contribution in [0.25, 0.3) is 0 Å². The molecule has 0 spiro atoms. The van der Waals surface area contributed by atoms with Gasteiger partial charge >= 0.3 is 0 Å². The van der Waals surface area contributed by atoms with E-state index in [-0.39, 0.29) is 21.5 Å². The maximum atomic E-state index is 13.4. The number of hydrogen-bond donors (Lipinski definition) is 0. The molecule has 1 aromatic rings. The van der Waals surface area contributed by atoms with E-state index < -0.39 is 35.1 Å². The van der Waals surface area contributed by atoms with Gasteiger partial charge in [0.15, 0.2) is 6.29 Å². The molecule has 0 N–H and O–H groups in total. The lowest BCUT2D eigenvalue weighted by molar-refractivity contribution is -0.200. The Morgan fingerprint density at radius 2 is 1.63 bits per heavy atom. The Morgan fingerprint density at radius 3 is 2.26 bits per heavy atom. The highest BCUT2D eigenvalue weighted by Crippen LogP contribution is 2.66. The molecule has 0 radical (unpaired) electrons. The number of rotatable bonds is 2. The summed E-state index contributed by atoms with van der Waals surface area (Å²) in [6.07, 6.45) is -0.747. The van der Waals surface area contributed by atoms with Crippen molar-refractivity contribution in [2.45, 2.75) is 34.1 Å². The second kappa shape index (κ2) is 5.82. The van der Waals surface area contributed by atoms with E-state index in [0.29, 0.717) is 18.9 Å². The first-order chi connectivity index (χ1) is 12.8. The van der Waals surface area contributed by atoms with Gasteiger partial charge in [0.25, 0.3) is 0 Å². The molecule has 2 amide bonds. The number of carbonyl (C=O) groups excluding carboxylic acids is 2. The zero-order chi connectivity index (χ0) is 19.1. The van der Waals surface area contributed by atoms with Gasteiger partial charge in [-0.05, 0) is 31.2 Å². The lowest BCUT2D eigenvalue weighted by Gasteiger charge is -2.39. The number of anilines is 1. The summed E-state index contributed by atoms with van der Waals surface area (Å²) in [5.74, 6) is -2.58. The molecular formula is C18H16Br2FNO5. The number of carbonyl (C=O) groups is 2. The van der Waals surface area contributed by atoms with Crippen molar-refractivity contribution < 1.29 is 28.2 Å². The number of nitrogens with zero attached hydrogens (tertiary/aromatic N) is 1. The van der Waals surface area contributed by atoms with Crippen LogP contribution < -0.4 is 4.90 Å². The molecule has 1 aromatic carbocycles. The van der Waals surface area contributed by atoms with Crippen LogP contribution in [0.15, 0.2) is 24.3 Å². The van der Waals surface area contributed by atoms with Crippen molar-refractivity contribution >= 4 is 49.4 Å². The molecule has 9 heteroatoms. The summed E-state index contributed by atoms with van der Waals surface area (Å²) in [7, 11) is 0. The quantitative estimate of drug-likeness (QED) is 0.457. The monoisotopic (exact) mass is 503 g/mol. The second-order valence-corrected chi connectivity index (χ2v) is 9.43. The average Bonchev–Trinajstić information content (AvgIpc) is 3.36. The van der Waals surface area contributed by atoms with Gasteiger partial charge in [0.05, 0.1) is 46.0 Å². The van der Waals surface area contributed by atoms with E-state index in [2.05, 4.69) is 31.9 Å². The fraction of sp³-hybridized carbons (Fsp3) is 0.556. The molecule has 2 bridgehead atoms. The maximum Gasteiger partial charge on any atom is 0.240 e. The molecule has 5 rings (SSSR count). The Balaban J connectivity index is 1.63. The summed E-state index contributed by atoms with van der Waals surface area (Å²) in [5.41, 5.74) is -1.68. The molecule has 0 unspecified atom stereocenters. The van der Waals surface area contributed by atoms with E-state index >= 15 is 0 Å². The summed E-state index contributed by atoms with van der Waals surface area (Å²) in [6.45, 7) is 2.64. The molecule has 0 aromatic heterocycles. The van der Waals surface area contributed by atoms with Crippen molar-refractivity contribution in [2.24, 2.45) is 11.8 Å². The molecule has 6 nitrogen and oxygen atoms in total. The van der Waals surface area contributed by atoms with Gasteiger partial charge in [-0.15, -0.1) is 0 Å². The zero-order valence-electron chi connectivity index (χ0n) is 14.2. The third-order valence-electron chi connectivity index (χ3n) is 6.12. The number of imide groups is 1. The van der Waals surface area contributed by atoms with E-state index in [1.165, 1.54) is 24.3 Å². The number of alkyl halides is 2. The van der Waals surface area contributed by atoms with Gasteiger partial charge in [-0.3, -0.25) is 9.59 Å². The molecule has 4 heterocycles. The number of fused-ring (bicyclic) bond motifs is 5. The van der Waals surface area contributed by atoms with Gasteiger partial charge in [-0.25, -0.2) is 9.29 Å². The summed E-state index contributed by atoms with van der Waals surface area (Å²) >= 11 is 7.32. The van der Waals surface area contributed by atoms with Crippen LogP contribution in [0.4, 0.5) is 10.1 Å². The van der Waals surface area contributed by atoms with E-state index in [9.17, 15) is 14.0 Å². The third kappa shape index (κ3) is 2.09. The van der Waals surface area contributed by atoms with Crippen LogP contribution in [0.5, 0.6) is 0 Å². The highest BCUT2D eigenvalue weighted by molar-refractivity contribution is 9.12. The zero-order valence-corrected chi connectivity index (χ0v) is 17.4. The first-order valence-electron chi connectivity index (χ1n) is 8.67. The van der Waals surface area contributed by atoms with Crippen LogP contribution in [-0.4, -0.2) is 52.2 Å². The molecule has 4 fully saturated rings. The predicted molar refractivity (Wildman–Crippen MR) is 99.2 cm³/mol. The molecule has 27 heavy (non-hydrogen) atoms. The highest BCUT2D eigenvalue weighted by atomic mass is 79.9. The summed E-state index contributed by atoms with van der Waals surface area (Å²) in [6, 6.07) is 5.33. The van der Waals surface area contributed by atoms with Crippen LogP contribution in [0.3, 0.4) is 0 Å². The number of halogens is 3. The molecule has 4 saturated heterocycles. The largest absolute Gasteiger partial charge is 0.359 e. The molecule has 4 aliphatic rings. The smallest absolute Gasteiger partial charge is 0.240 e. The van der Waals surface area contributed by atoms with E-state index in [4.69, 9.17) is 14.2 Å². The molecule has 0 aliphatic carbocycles. The summed E-state index contributed by atoms with van der Waals surface area (Å²) in [4.78, 5) is 27.4. The van der Waals surface area contributed by atoms with Gasteiger partial charge in [0, 0.05) is 0 Å². The van der Waals surface area contributed by atoms with Crippen molar-refractivity contribution in [1.29, 1.82) is 0 Å². The Kier molecular flexibility index (Phi) is 3.92. The minimum Gasteiger partial charge on any atom is -0.359 e.